The molecule has 126 valence electrons. The molecule has 2 N–H and O–H groups in total. The number of aryl methyl sites for hydroxylation is 1. The summed E-state index contributed by atoms with van der Waals surface area (Å²) in [5, 5.41) is 6.85. The Labute approximate surface area is 144 Å². The molecule has 0 spiro atoms. The van der Waals surface area contributed by atoms with Crippen molar-refractivity contribution in [3.05, 3.63) is 65.5 Å². The molecule has 0 saturated heterocycles. The molecule has 4 heteroatoms. The van der Waals surface area contributed by atoms with Crippen LogP contribution in [0.1, 0.15) is 36.7 Å². The molecule has 4 nitrogen and oxygen atoms in total. The van der Waals surface area contributed by atoms with Crippen LogP contribution in [0.3, 0.4) is 0 Å². The maximum atomic E-state index is 4.68. The maximum absolute atomic E-state index is 4.68. The van der Waals surface area contributed by atoms with Crippen molar-refractivity contribution in [1.82, 2.24) is 15.6 Å². The number of hydrogen-bond acceptors (Lipinski definition) is 2. The summed E-state index contributed by atoms with van der Waals surface area (Å²) in [6.45, 7) is 6.46. The minimum absolute atomic E-state index is 0.277. The van der Waals surface area contributed by atoms with Crippen LogP contribution in [-0.2, 0) is 12.0 Å². The maximum Gasteiger partial charge on any atom is 0.191 e. The standard InChI is InChI=1S/C20H26N4/c1-3-21-19(22-14-18-11-7-8-16(2)24-18)23-15-20(12-13-20)17-9-5-4-6-10-17/h4-11H,3,12-15H2,1-2H3,(H2,21,22,23). The zero-order valence-corrected chi connectivity index (χ0v) is 14.5. The molecule has 1 aliphatic rings. The Morgan fingerprint density at radius 2 is 1.88 bits per heavy atom. The first-order valence-corrected chi connectivity index (χ1v) is 8.72. The van der Waals surface area contributed by atoms with Gasteiger partial charge in [0.05, 0.1) is 12.2 Å². The van der Waals surface area contributed by atoms with Crippen LogP contribution in [0.15, 0.2) is 53.5 Å². The predicted octanol–water partition coefficient (Wildman–Crippen LogP) is 3.18. The third-order valence-corrected chi connectivity index (χ3v) is 4.52. The summed E-state index contributed by atoms with van der Waals surface area (Å²) < 4.78 is 0. The van der Waals surface area contributed by atoms with Crippen molar-refractivity contribution in [3.8, 4) is 0 Å². The Kier molecular flexibility index (Phi) is 5.14. The topological polar surface area (TPSA) is 49.3 Å². The van der Waals surface area contributed by atoms with Crippen molar-refractivity contribution in [2.75, 3.05) is 13.1 Å². The van der Waals surface area contributed by atoms with Crippen molar-refractivity contribution in [2.24, 2.45) is 4.99 Å². The molecule has 0 amide bonds. The molecule has 1 aliphatic carbocycles. The SMILES string of the molecule is CCNC(=NCc1cccc(C)n1)NCC1(c2ccccc2)CC1. The highest BCUT2D eigenvalue weighted by Gasteiger charge is 2.43. The highest BCUT2D eigenvalue weighted by atomic mass is 15.2. The molecule has 0 atom stereocenters. The summed E-state index contributed by atoms with van der Waals surface area (Å²) in [5.41, 5.74) is 3.73. The molecule has 1 saturated carbocycles. The number of benzene rings is 1. The van der Waals surface area contributed by atoms with Crippen molar-refractivity contribution in [2.45, 2.75) is 38.6 Å². The monoisotopic (exact) mass is 322 g/mol. The van der Waals surface area contributed by atoms with Gasteiger partial charge in [0.25, 0.3) is 0 Å². The van der Waals surface area contributed by atoms with E-state index in [0.29, 0.717) is 6.54 Å². The lowest BCUT2D eigenvalue weighted by atomic mass is 9.96. The van der Waals surface area contributed by atoms with Gasteiger partial charge in [-0.15, -0.1) is 0 Å². The van der Waals surface area contributed by atoms with Gasteiger partial charge in [-0.25, -0.2) is 4.99 Å². The molecule has 1 aromatic heterocycles. The quantitative estimate of drug-likeness (QED) is 0.634. The second-order valence-corrected chi connectivity index (χ2v) is 6.47. The van der Waals surface area contributed by atoms with Crippen LogP contribution in [-0.4, -0.2) is 24.0 Å². The van der Waals surface area contributed by atoms with E-state index in [1.807, 2.05) is 25.1 Å². The summed E-state index contributed by atoms with van der Waals surface area (Å²) in [5.74, 6) is 0.864. The number of aliphatic imine (C=N–C) groups is 1. The highest BCUT2D eigenvalue weighted by molar-refractivity contribution is 5.79. The number of nitrogens with zero attached hydrogens (tertiary/aromatic N) is 2. The van der Waals surface area contributed by atoms with Gasteiger partial charge in [-0.1, -0.05) is 36.4 Å². The van der Waals surface area contributed by atoms with Gasteiger partial charge in [0.15, 0.2) is 5.96 Å². The van der Waals surface area contributed by atoms with Crippen molar-refractivity contribution in [1.29, 1.82) is 0 Å². The van der Waals surface area contributed by atoms with Crippen LogP contribution in [0.25, 0.3) is 0 Å². The van der Waals surface area contributed by atoms with Crippen LogP contribution in [0.2, 0.25) is 0 Å². The summed E-state index contributed by atoms with van der Waals surface area (Å²) >= 11 is 0. The van der Waals surface area contributed by atoms with E-state index in [9.17, 15) is 0 Å². The summed E-state index contributed by atoms with van der Waals surface area (Å²) in [4.78, 5) is 9.19. The molecule has 1 aromatic carbocycles. The number of hydrogen-bond donors (Lipinski definition) is 2. The average molecular weight is 322 g/mol. The number of nitrogens with one attached hydrogen (secondary N) is 2. The van der Waals surface area contributed by atoms with Crippen LogP contribution in [0, 0.1) is 6.92 Å². The fraction of sp³-hybridized carbons (Fsp3) is 0.400. The third-order valence-electron chi connectivity index (χ3n) is 4.52. The molecular formula is C20H26N4. The van der Waals surface area contributed by atoms with E-state index in [4.69, 9.17) is 0 Å². The normalized spacial score (nSPS) is 15.8. The van der Waals surface area contributed by atoms with Gasteiger partial charge in [0.2, 0.25) is 0 Å². The highest BCUT2D eigenvalue weighted by Crippen LogP contribution is 2.47. The fourth-order valence-corrected chi connectivity index (χ4v) is 2.95. The molecule has 2 aromatic rings. The van der Waals surface area contributed by atoms with E-state index in [2.05, 4.69) is 57.9 Å². The van der Waals surface area contributed by atoms with Crippen LogP contribution < -0.4 is 10.6 Å². The van der Waals surface area contributed by atoms with E-state index in [-0.39, 0.29) is 5.41 Å². The first-order chi connectivity index (χ1) is 11.7. The molecule has 0 unspecified atom stereocenters. The number of guanidine groups is 1. The van der Waals surface area contributed by atoms with Crippen molar-refractivity contribution >= 4 is 5.96 Å². The smallest absolute Gasteiger partial charge is 0.191 e. The minimum Gasteiger partial charge on any atom is -0.357 e. The molecule has 3 rings (SSSR count). The first kappa shape index (κ1) is 16.5. The van der Waals surface area contributed by atoms with Gasteiger partial charge < -0.3 is 10.6 Å². The average Bonchev–Trinajstić information content (AvgIpc) is 3.39. The van der Waals surface area contributed by atoms with Gasteiger partial charge in [-0.3, -0.25) is 4.98 Å². The summed E-state index contributed by atoms with van der Waals surface area (Å²) in [6.07, 6.45) is 2.48. The molecule has 0 aliphatic heterocycles. The molecule has 1 heterocycles. The van der Waals surface area contributed by atoms with Gasteiger partial charge >= 0.3 is 0 Å². The largest absolute Gasteiger partial charge is 0.357 e. The Morgan fingerprint density at radius 1 is 1.08 bits per heavy atom. The fourth-order valence-electron chi connectivity index (χ4n) is 2.95. The Bertz CT molecular complexity index is 690. The van der Waals surface area contributed by atoms with Crippen molar-refractivity contribution in [3.63, 3.8) is 0 Å². The van der Waals surface area contributed by atoms with E-state index >= 15 is 0 Å². The van der Waals surface area contributed by atoms with Crippen LogP contribution in [0.4, 0.5) is 0 Å². The number of rotatable bonds is 6. The zero-order chi connectivity index (χ0) is 16.8. The lowest BCUT2D eigenvalue weighted by Gasteiger charge is -2.19. The van der Waals surface area contributed by atoms with Crippen molar-refractivity contribution < 1.29 is 0 Å². The second kappa shape index (κ2) is 7.47. The zero-order valence-electron chi connectivity index (χ0n) is 14.5. The molecule has 1 fully saturated rings. The third kappa shape index (κ3) is 4.13. The second-order valence-electron chi connectivity index (χ2n) is 6.47. The minimum atomic E-state index is 0.277. The molecular weight excluding hydrogens is 296 g/mol. The first-order valence-electron chi connectivity index (χ1n) is 8.72. The summed E-state index contributed by atoms with van der Waals surface area (Å²) in [6, 6.07) is 16.8. The Balaban J connectivity index is 1.63. The number of pyridine rings is 1. The van der Waals surface area contributed by atoms with E-state index in [0.717, 1.165) is 30.4 Å². The molecule has 0 radical (unpaired) electrons. The van der Waals surface area contributed by atoms with E-state index in [1.54, 1.807) is 0 Å². The molecule has 0 bridgehead atoms. The van der Waals surface area contributed by atoms with Gasteiger partial charge in [-0.05, 0) is 44.4 Å². The van der Waals surface area contributed by atoms with Gasteiger partial charge in [0.1, 0.15) is 0 Å². The van der Waals surface area contributed by atoms with E-state index in [1.165, 1.54) is 18.4 Å². The summed E-state index contributed by atoms with van der Waals surface area (Å²) in [7, 11) is 0. The lowest BCUT2D eigenvalue weighted by Crippen LogP contribution is -2.41. The van der Waals surface area contributed by atoms with E-state index < -0.39 is 0 Å². The lowest BCUT2D eigenvalue weighted by molar-refractivity contribution is 0.645. The number of aromatic nitrogens is 1. The Morgan fingerprint density at radius 3 is 2.54 bits per heavy atom. The van der Waals surface area contributed by atoms with Crippen LogP contribution in [0.5, 0.6) is 0 Å². The van der Waals surface area contributed by atoms with Gasteiger partial charge in [0, 0.05) is 24.2 Å². The Hall–Kier alpha value is -2.36. The van der Waals surface area contributed by atoms with Gasteiger partial charge in [-0.2, -0.15) is 0 Å². The molecule has 24 heavy (non-hydrogen) atoms. The predicted molar refractivity (Wildman–Crippen MR) is 99.1 cm³/mol. The van der Waals surface area contributed by atoms with Crippen LogP contribution >= 0.6 is 0 Å².